The molecule has 1 atom stereocenters. The summed E-state index contributed by atoms with van der Waals surface area (Å²) in [7, 11) is 0. The Balaban J connectivity index is 0.00000225. The van der Waals surface area contributed by atoms with Crippen LogP contribution in [-0.2, 0) is 0 Å². The van der Waals surface area contributed by atoms with E-state index in [2.05, 4.69) is 0 Å². The number of halogens is 2. The van der Waals surface area contributed by atoms with E-state index in [4.69, 9.17) is 11.5 Å². The lowest BCUT2D eigenvalue weighted by atomic mass is 9.99. The maximum Gasteiger partial charge on any atom is 0.127 e. The zero-order valence-electron chi connectivity index (χ0n) is 9.58. The Morgan fingerprint density at radius 1 is 1.31 bits per heavy atom. The van der Waals surface area contributed by atoms with Gasteiger partial charge in [0.25, 0.3) is 0 Å². The van der Waals surface area contributed by atoms with Crippen LogP contribution in [-0.4, -0.2) is 6.54 Å². The highest BCUT2D eigenvalue weighted by Crippen LogP contribution is 2.20. The minimum Gasteiger partial charge on any atom is -0.330 e. The maximum atomic E-state index is 13.4. The second-order valence-electron chi connectivity index (χ2n) is 3.92. The molecule has 0 aliphatic carbocycles. The van der Waals surface area contributed by atoms with Gasteiger partial charge in [-0.05, 0) is 32.4 Å². The molecule has 92 valence electrons. The summed E-state index contributed by atoms with van der Waals surface area (Å²) in [5.74, 6) is -0.208. The molecule has 0 radical (unpaired) electrons. The molecule has 4 N–H and O–H groups in total. The van der Waals surface area contributed by atoms with Crippen LogP contribution >= 0.6 is 12.4 Å². The number of nitrogens with two attached hydrogens (primary N) is 2. The predicted molar refractivity (Wildman–Crippen MR) is 68.2 cm³/mol. The number of hydrogen-bond donors (Lipinski definition) is 2. The minimum absolute atomic E-state index is 0. The molecule has 1 aromatic rings. The Bertz CT molecular complexity index is 318. The number of aryl methyl sites for hydroxylation is 1. The molecule has 0 aliphatic heterocycles. The van der Waals surface area contributed by atoms with Gasteiger partial charge in [-0.2, -0.15) is 0 Å². The van der Waals surface area contributed by atoms with E-state index < -0.39 is 0 Å². The van der Waals surface area contributed by atoms with Gasteiger partial charge in [0.15, 0.2) is 0 Å². The van der Waals surface area contributed by atoms with Crippen LogP contribution in [0.25, 0.3) is 0 Å². The summed E-state index contributed by atoms with van der Waals surface area (Å²) < 4.78 is 13.4. The molecule has 0 spiro atoms. The summed E-state index contributed by atoms with van der Waals surface area (Å²) in [6.07, 6.45) is 2.68. The lowest BCUT2D eigenvalue weighted by Gasteiger charge is -2.13. The SMILES string of the molecule is Cc1ccc(F)c([C@H](N)CCCCN)c1.Cl. The average molecular weight is 247 g/mol. The monoisotopic (exact) mass is 246 g/mol. The van der Waals surface area contributed by atoms with E-state index in [0.717, 1.165) is 24.8 Å². The van der Waals surface area contributed by atoms with Crippen molar-refractivity contribution in [3.63, 3.8) is 0 Å². The summed E-state index contributed by atoms with van der Waals surface area (Å²) in [6.45, 7) is 2.61. The van der Waals surface area contributed by atoms with E-state index in [1.807, 2.05) is 13.0 Å². The van der Waals surface area contributed by atoms with Gasteiger partial charge in [-0.3, -0.25) is 0 Å². The van der Waals surface area contributed by atoms with Crippen molar-refractivity contribution in [1.29, 1.82) is 0 Å². The van der Waals surface area contributed by atoms with Gasteiger partial charge in [-0.25, -0.2) is 4.39 Å². The van der Waals surface area contributed by atoms with Gasteiger partial charge in [0.1, 0.15) is 5.82 Å². The van der Waals surface area contributed by atoms with Crippen molar-refractivity contribution in [3.8, 4) is 0 Å². The highest BCUT2D eigenvalue weighted by Gasteiger charge is 2.10. The van der Waals surface area contributed by atoms with Gasteiger partial charge < -0.3 is 11.5 Å². The van der Waals surface area contributed by atoms with Gasteiger partial charge in [0.05, 0.1) is 0 Å². The first kappa shape index (κ1) is 15.4. The lowest BCUT2D eigenvalue weighted by Crippen LogP contribution is -2.13. The zero-order valence-corrected chi connectivity index (χ0v) is 10.4. The van der Waals surface area contributed by atoms with Crippen molar-refractivity contribution in [2.45, 2.75) is 32.2 Å². The molecule has 0 saturated heterocycles. The van der Waals surface area contributed by atoms with Gasteiger partial charge >= 0.3 is 0 Å². The van der Waals surface area contributed by atoms with Crippen LogP contribution in [0.1, 0.15) is 36.4 Å². The van der Waals surface area contributed by atoms with Crippen molar-refractivity contribution >= 4 is 12.4 Å². The summed E-state index contributed by atoms with van der Waals surface area (Å²) in [4.78, 5) is 0. The third-order valence-electron chi connectivity index (χ3n) is 2.52. The molecule has 0 fully saturated rings. The lowest BCUT2D eigenvalue weighted by molar-refractivity contribution is 0.542. The van der Waals surface area contributed by atoms with Crippen molar-refractivity contribution in [3.05, 3.63) is 35.1 Å². The summed E-state index contributed by atoms with van der Waals surface area (Å²) in [5.41, 5.74) is 13.0. The Morgan fingerprint density at radius 2 is 2.00 bits per heavy atom. The molecule has 0 amide bonds. The fraction of sp³-hybridized carbons (Fsp3) is 0.500. The van der Waals surface area contributed by atoms with Crippen LogP contribution in [0.5, 0.6) is 0 Å². The Labute approximate surface area is 103 Å². The van der Waals surface area contributed by atoms with E-state index in [-0.39, 0.29) is 24.3 Å². The molecule has 0 unspecified atom stereocenters. The van der Waals surface area contributed by atoms with Gasteiger partial charge in [-0.1, -0.05) is 24.1 Å². The van der Waals surface area contributed by atoms with Gasteiger partial charge in [0, 0.05) is 11.6 Å². The number of unbranched alkanes of at least 4 members (excludes halogenated alkanes) is 1. The van der Waals surface area contributed by atoms with Crippen LogP contribution in [0.3, 0.4) is 0 Å². The zero-order chi connectivity index (χ0) is 11.3. The third kappa shape index (κ3) is 4.47. The Kier molecular flexibility index (Phi) is 7.30. The van der Waals surface area contributed by atoms with Crippen molar-refractivity contribution in [1.82, 2.24) is 0 Å². The molecule has 0 bridgehead atoms. The molecular formula is C12H20ClFN2. The van der Waals surface area contributed by atoms with E-state index in [1.54, 1.807) is 6.07 Å². The van der Waals surface area contributed by atoms with Gasteiger partial charge in [0.2, 0.25) is 0 Å². The first-order chi connectivity index (χ1) is 7.15. The molecule has 2 nitrogen and oxygen atoms in total. The van der Waals surface area contributed by atoms with E-state index in [9.17, 15) is 4.39 Å². The second-order valence-corrected chi connectivity index (χ2v) is 3.92. The predicted octanol–water partition coefficient (Wildman–Crippen LogP) is 2.68. The highest BCUT2D eigenvalue weighted by molar-refractivity contribution is 5.85. The first-order valence-electron chi connectivity index (χ1n) is 5.37. The van der Waals surface area contributed by atoms with Crippen LogP contribution in [0.4, 0.5) is 4.39 Å². The van der Waals surface area contributed by atoms with Crippen LogP contribution < -0.4 is 11.5 Å². The molecule has 16 heavy (non-hydrogen) atoms. The molecule has 0 heterocycles. The fourth-order valence-corrected chi connectivity index (χ4v) is 1.61. The summed E-state index contributed by atoms with van der Waals surface area (Å²) in [6, 6.07) is 4.85. The Morgan fingerprint density at radius 3 is 2.62 bits per heavy atom. The second kappa shape index (κ2) is 7.60. The largest absolute Gasteiger partial charge is 0.330 e. The third-order valence-corrected chi connectivity index (χ3v) is 2.52. The molecule has 0 saturated carbocycles. The van der Waals surface area contributed by atoms with E-state index in [1.165, 1.54) is 6.07 Å². The smallest absolute Gasteiger partial charge is 0.127 e. The van der Waals surface area contributed by atoms with Crippen molar-refractivity contribution < 1.29 is 4.39 Å². The fourth-order valence-electron chi connectivity index (χ4n) is 1.61. The van der Waals surface area contributed by atoms with Gasteiger partial charge in [-0.15, -0.1) is 12.4 Å². The molecular weight excluding hydrogens is 227 g/mol. The number of benzene rings is 1. The van der Waals surface area contributed by atoms with Crippen LogP contribution in [0.2, 0.25) is 0 Å². The summed E-state index contributed by atoms with van der Waals surface area (Å²) in [5, 5.41) is 0. The van der Waals surface area contributed by atoms with Crippen LogP contribution in [0.15, 0.2) is 18.2 Å². The van der Waals surface area contributed by atoms with Crippen LogP contribution in [0, 0.1) is 12.7 Å². The molecule has 1 rings (SSSR count). The Hall–Kier alpha value is -0.640. The summed E-state index contributed by atoms with van der Waals surface area (Å²) >= 11 is 0. The van der Waals surface area contributed by atoms with E-state index in [0.29, 0.717) is 12.1 Å². The topological polar surface area (TPSA) is 52.0 Å². The highest BCUT2D eigenvalue weighted by atomic mass is 35.5. The molecule has 1 aromatic carbocycles. The van der Waals surface area contributed by atoms with Crippen molar-refractivity contribution in [2.75, 3.05) is 6.54 Å². The molecule has 4 heteroatoms. The maximum absolute atomic E-state index is 13.4. The van der Waals surface area contributed by atoms with Crippen molar-refractivity contribution in [2.24, 2.45) is 11.5 Å². The average Bonchev–Trinajstić information content (AvgIpc) is 2.22. The molecule has 0 aromatic heterocycles. The normalized spacial score (nSPS) is 12.0. The minimum atomic E-state index is -0.212. The molecule has 0 aliphatic rings. The number of rotatable bonds is 5. The van der Waals surface area contributed by atoms with E-state index >= 15 is 0 Å². The standard InChI is InChI=1S/C12H19FN2.ClH/c1-9-5-6-11(13)10(8-9)12(15)4-2-3-7-14;/h5-6,8,12H,2-4,7,14-15H2,1H3;1H/t12-;/m1./s1. The first-order valence-corrected chi connectivity index (χ1v) is 5.37. The number of hydrogen-bond acceptors (Lipinski definition) is 2. The quantitative estimate of drug-likeness (QED) is 0.785.